The van der Waals surface area contributed by atoms with Gasteiger partial charge in [0.15, 0.2) is 0 Å². The molecule has 1 atom stereocenters. The van der Waals surface area contributed by atoms with Gasteiger partial charge in [0, 0.05) is 0 Å². The predicted octanol–water partition coefficient (Wildman–Crippen LogP) is -1.46. The van der Waals surface area contributed by atoms with Crippen molar-refractivity contribution in [2.45, 2.75) is 31.0 Å². The van der Waals surface area contributed by atoms with Crippen LogP contribution in [0.3, 0.4) is 0 Å². The summed E-state index contributed by atoms with van der Waals surface area (Å²) in [5, 5.41) is 45.1. The molecule has 1 unspecified atom stereocenters. The Morgan fingerprint density at radius 1 is 0.909 bits per heavy atom. The summed E-state index contributed by atoms with van der Waals surface area (Å²) in [7, 11) is 0. The SMILES string of the molecule is O=C(O)CC(OCCOCCO)C(O)(CC(=O)O)CC(=O)O. The lowest BCUT2D eigenvalue weighted by molar-refractivity contribution is -0.173. The van der Waals surface area contributed by atoms with E-state index in [-0.39, 0.29) is 26.4 Å². The van der Waals surface area contributed by atoms with Gasteiger partial charge >= 0.3 is 17.9 Å². The van der Waals surface area contributed by atoms with Gasteiger partial charge < -0.3 is 35.0 Å². The van der Waals surface area contributed by atoms with E-state index in [0.717, 1.165) is 0 Å². The van der Waals surface area contributed by atoms with Gasteiger partial charge in [-0.2, -0.15) is 0 Å². The lowest BCUT2D eigenvalue weighted by Crippen LogP contribution is -2.48. The summed E-state index contributed by atoms with van der Waals surface area (Å²) in [5.74, 6) is -4.35. The Bertz CT molecular complexity index is 364. The first-order valence-corrected chi connectivity index (χ1v) is 6.39. The number of ether oxygens (including phenoxy) is 2. The minimum absolute atomic E-state index is 0.0292. The van der Waals surface area contributed by atoms with Gasteiger partial charge in [-0.3, -0.25) is 14.4 Å². The van der Waals surface area contributed by atoms with Crippen LogP contribution in [0.25, 0.3) is 0 Å². The molecule has 10 heteroatoms. The Kier molecular flexibility index (Phi) is 9.26. The number of aliphatic hydroxyl groups excluding tert-OH is 1. The smallest absolute Gasteiger partial charge is 0.306 e. The average molecular weight is 324 g/mol. The monoisotopic (exact) mass is 324 g/mol. The van der Waals surface area contributed by atoms with Gasteiger partial charge in [-0.25, -0.2) is 0 Å². The molecule has 0 aliphatic carbocycles. The fourth-order valence-corrected chi connectivity index (χ4v) is 1.79. The van der Waals surface area contributed by atoms with E-state index in [1.165, 1.54) is 0 Å². The third kappa shape index (κ3) is 8.52. The molecule has 0 bridgehead atoms. The molecule has 0 amide bonds. The average Bonchev–Trinajstić information content (AvgIpc) is 2.34. The van der Waals surface area contributed by atoms with E-state index in [1.54, 1.807) is 0 Å². The van der Waals surface area contributed by atoms with Crippen LogP contribution in [0.5, 0.6) is 0 Å². The highest BCUT2D eigenvalue weighted by atomic mass is 16.5. The minimum Gasteiger partial charge on any atom is -0.481 e. The van der Waals surface area contributed by atoms with Crippen LogP contribution in [0.15, 0.2) is 0 Å². The van der Waals surface area contributed by atoms with E-state index < -0.39 is 48.9 Å². The van der Waals surface area contributed by atoms with E-state index >= 15 is 0 Å². The Morgan fingerprint density at radius 3 is 1.86 bits per heavy atom. The summed E-state index contributed by atoms with van der Waals surface area (Å²) in [6.45, 7) is -0.422. The van der Waals surface area contributed by atoms with E-state index in [9.17, 15) is 19.5 Å². The zero-order chi connectivity index (χ0) is 17.2. The second-order valence-electron chi connectivity index (χ2n) is 4.54. The van der Waals surface area contributed by atoms with Crippen molar-refractivity contribution in [3.8, 4) is 0 Å². The first-order chi connectivity index (χ1) is 10.2. The van der Waals surface area contributed by atoms with Crippen LogP contribution in [0.2, 0.25) is 0 Å². The van der Waals surface area contributed by atoms with Crippen LogP contribution in [0.1, 0.15) is 19.3 Å². The summed E-state index contributed by atoms with van der Waals surface area (Å²) in [6, 6.07) is 0. The highest BCUT2D eigenvalue weighted by Gasteiger charge is 2.43. The third-order valence-electron chi connectivity index (χ3n) is 2.66. The Hall–Kier alpha value is -1.75. The first-order valence-electron chi connectivity index (χ1n) is 6.39. The second-order valence-corrected chi connectivity index (χ2v) is 4.54. The molecule has 0 aromatic rings. The molecule has 0 aromatic carbocycles. The summed E-state index contributed by atoms with van der Waals surface area (Å²) < 4.78 is 9.98. The zero-order valence-corrected chi connectivity index (χ0v) is 11.8. The first kappa shape index (κ1) is 20.2. The fraction of sp³-hybridized carbons (Fsp3) is 0.750. The van der Waals surface area contributed by atoms with E-state index in [2.05, 4.69) is 0 Å². The normalized spacial score (nSPS) is 12.8. The number of carboxylic acid groups (broad SMARTS) is 3. The zero-order valence-electron chi connectivity index (χ0n) is 11.8. The van der Waals surface area contributed by atoms with E-state index in [4.69, 9.17) is 29.9 Å². The van der Waals surface area contributed by atoms with Crippen molar-refractivity contribution in [2.24, 2.45) is 0 Å². The van der Waals surface area contributed by atoms with Crippen molar-refractivity contribution < 1.29 is 49.4 Å². The lowest BCUT2D eigenvalue weighted by atomic mass is 9.87. The van der Waals surface area contributed by atoms with Crippen LogP contribution in [-0.4, -0.2) is 81.6 Å². The van der Waals surface area contributed by atoms with Gasteiger partial charge in [0.2, 0.25) is 0 Å². The van der Waals surface area contributed by atoms with Crippen molar-refractivity contribution in [3.05, 3.63) is 0 Å². The van der Waals surface area contributed by atoms with Crippen LogP contribution in [0, 0.1) is 0 Å². The number of carboxylic acids is 3. The van der Waals surface area contributed by atoms with E-state index in [1.807, 2.05) is 0 Å². The van der Waals surface area contributed by atoms with Crippen molar-refractivity contribution in [3.63, 3.8) is 0 Å². The topological polar surface area (TPSA) is 171 Å². The second kappa shape index (κ2) is 10.1. The van der Waals surface area contributed by atoms with Crippen LogP contribution in [0.4, 0.5) is 0 Å². The van der Waals surface area contributed by atoms with Gasteiger partial charge in [0.05, 0.1) is 51.8 Å². The highest BCUT2D eigenvalue weighted by molar-refractivity contribution is 5.74. The summed E-state index contributed by atoms with van der Waals surface area (Å²) in [4.78, 5) is 32.4. The third-order valence-corrected chi connectivity index (χ3v) is 2.66. The molecule has 10 nitrogen and oxygen atoms in total. The molecule has 0 saturated carbocycles. The molecule has 0 aliphatic heterocycles. The molecular formula is C12H20O10. The number of hydrogen-bond donors (Lipinski definition) is 5. The Balaban J connectivity index is 4.91. The number of hydrogen-bond acceptors (Lipinski definition) is 7. The maximum absolute atomic E-state index is 10.8. The molecule has 0 rings (SSSR count). The maximum atomic E-state index is 10.8. The molecular weight excluding hydrogens is 304 g/mol. The molecule has 0 spiro atoms. The molecule has 0 aromatic heterocycles. The Labute approximate surface area is 125 Å². The summed E-state index contributed by atoms with van der Waals surface area (Å²) in [5.41, 5.74) is -2.37. The minimum atomic E-state index is -2.37. The van der Waals surface area contributed by atoms with Crippen molar-refractivity contribution >= 4 is 17.9 Å². The van der Waals surface area contributed by atoms with Crippen molar-refractivity contribution in [2.75, 3.05) is 26.4 Å². The molecule has 22 heavy (non-hydrogen) atoms. The van der Waals surface area contributed by atoms with Crippen molar-refractivity contribution in [1.29, 1.82) is 0 Å². The summed E-state index contributed by atoms with van der Waals surface area (Å²) >= 11 is 0. The number of carbonyl (C=O) groups is 3. The van der Waals surface area contributed by atoms with Crippen molar-refractivity contribution in [1.82, 2.24) is 0 Å². The van der Waals surface area contributed by atoms with Gasteiger partial charge in [-0.15, -0.1) is 0 Å². The molecule has 0 aliphatic rings. The number of rotatable bonds is 13. The van der Waals surface area contributed by atoms with Gasteiger partial charge in [-0.05, 0) is 0 Å². The number of aliphatic hydroxyl groups is 2. The molecule has 0 heterocycles. The van der Waals surface area contributed by atoms with Crippen LogP contribution < -0.4 is 0 Å². The number of aliphatic carboxylic acids is 3. The largest absolute Gasteiger partial charge is 0.481 e. The molecule has 0 saturated heterocycles. The van der Waals surface area contributed by atoms with Gasteiger partial charge in [-0.1, -0.05) is 0 Å². The highest BCUT2D eigenvalue weighted by Crippen LogP contribution is 2.25. The molecule has 0 fully saturated rings. The standard InChI is InChI=1S/C12H20O10/c13-1-2-21-3-4-22-8(5-9(14)15)12(20,6-10(16)17)7-11(18)19/h8,13,20H,1-7H2,(H,14,15)(H,16,17)(H,18,19). The fourth-order valence-electron chi connectivity index (χ4n) is 1.79. The predicted molar refractivity (Wildman–Crippen MR) is 69.4 cm³/mol. The van der Waals surface area contributed by atoms with Crippen LogP contribution >= 0.6 is 0 Å². The van der Waals surface area contributed by atoms with Gasteiger partial charge in [0.25, 0.3) is 0 Å². The van der Waals surface area contributed by atoms with Gasteiger partial charge in [0.1, 0.15) is 5.60 Å². The molecule has 0 radical (unpaired) electrons. The maximum Gasteiger partial charge on any atom is 0.306 e. The molecule has 5 N–H and O–H groups in total. The molecule has 128 valence electrons. The quantitative estimate of drug-likeness (QED) is 0.252. The lowest BCUT2D eigenvalue weighted by Gasteiger charge is -2.33. The Morgan fingerprint density at radius 2 is 1.45 bits per heavy atom. The summed E-state index contributed by atoms with van der Waals surface area (Å²) in [6.07, 6.45) is -4.25. The van der Waals surface area contributed by atoms with Crippen LogP contribution in [-0.2, 0) is 23.9 Å². The van der Waals surface area contributed by atoms with E-state index in [0.29, 0.717) is 0 Å².